The van der Waals surface area contributed by atoms with Crippen molar-refractivity contribution in [2.75, 3.05) is 42.9 Å². The van der Waals surface area contributed by atoms with Crippen LogP contribution in [0.1, 0.15) is 33.1 Å². The Balaban J connectivity index is 1.79. The van der Waals surface area contributed by atoms with Crippen LogP contribution in [0.5, 0.6) is 0 Å². The summed E-state index contributed by atoms with van der Waals surface area (Å²) in [4.78, 5) is 39.2. The molecule has 7 heteroatoms. The van der Waals surface area contributed by atoms with E-state index in [9.17, 15) is 14.4 Å². The second-order valence-electron chi connectivity index (χ2n) is 6.32. The zero-order chi connectivity index (χ0) is 18.9. The molecule has 1 aromatic rings. The van der Waals surface area contributed by atoms with Gasteiger partial charge >= 0.3 is 0 Å². The number of benzene rings is 1. The van der Waals surface area contributed by atoms with Crippen molar-refractivity contribution in [3.63, 3.8) is 0 Å². The van der Waals surface area contributed by atoms with Crippen molar-refractivity contribution < 1.29 is 14.4 Å². The Bertz CT molecular complexity index is 630. The van der Waals surface area contributed by atoms with Gasteiger partial charge in [0, 0.05) is 43.9 Å². The second-order valence-corrected chi connectivity index (χ2v) is 6.32. The van der Waals surface area contributed by atoms with Crippen LogP contribution in [0.4, 0.5) is 11.4 Å². The van der Waals surface area contributed by atoms with Crippen molar-refractivity contribution >= 4 is 29.1 Å². The highest BCUT2D eigenvalue weighted by molar-refractivity contribution is 5.96. The molecule has 2 rings (SSSR count). The summed E-state index contributed by atoms with van der Waals surface area (Å²) in [5.41, 5.74) is 1.57. The van der Waals surface area contributed by atoms with Crippen molar-refractivity contribution in [2.45, 2.75) is 33.1 Å². The van der Waals surface area contributed by atoms with Crippen molar-refractivity contribution in [2.24, 2.45) is 0 Å². The van der Waals surface area contributed by atoms with E-state index >= 15 is 0 Å². The summed E-state index contributed by atoms with van der Waals surface area (Å²) in [5.74, 6) is 0.0275. The number of anilines is 2. The lowest BCUT2D eigenvalue weighted by Crippen LogP contribution is -2.38. The number of carbonyl (C=O) groups is 3. The highest BCUT2D eigenvalue weighted by Crippen LogP contribution is 2.23. The van der Waals surface area contributed by atoms with Crippen LogP contribution in [0.3, 0.4) is 0 Å². The molecule has 0 unspecified atom stereocenters. The summed E-state index contributed by atoms with van der Waals surface area (Å²) in [6.45, 7) is 6.75. The predicted molar refractivity (Wildman–Crippen MR) is 102 cm³/mol. The zero-order valence-electron chi connectivity index (χ0n) is 15.6. The highest BCUT2D eigenvalue weighted by Gasteiger charge is 2.21. The lowest BCUT2D eigenvalue weighted by atomic mass is 10.2. The molecule has 1 aliphatic rings. The lowest BCUT2D eigenvalue weighted by Gasteiger charge is -2.19. The van der Waals surface area contributed by atoms with E-state index in [1.54, 1.807) is 4.90 Å². The average molecular weight is 360 g/mol. The summed E-state index contributed by atoms with van der Waals surface area (Å²) < 4.78 is 0. The molecule has 1 aliphatic heterocycles. The third-order valence-electron chi connectivity index (χ3n) is 4.38. The molecule has 1 saturated heterocycles. The third kappa shape index (κ3) is 5.84. The first-order chi connectivity index (χ1) is 12.5. The fourth-order valence-electron chi connectivity index (χ4n) is 2.93. The van der Waals surface area contributed by atoms with Gasteiger partial charge < -0.3 is 15.5 Å². The Labute approximate surface area is 154 Å². The molecular weight excluding hydrogens is 332 g/mol. The lowest BCUT2D eigenvalue weighted by molar-refractivity contribution is -0.123. The average Bonchev–Trinajstić information content (AvgIpc) is 3.05. The van der Waals surface area contributed by atoms with Gasteiger partial charge in [0.2, 0.25) is 17.7 Å². The summed E-state index contributed by atoms with van der Waals surface area (Å²) >= 11 is 0. The van der Waals surface area contributed by atoms with Gasteiger partial charge in [-0.25, -0.2) is 0 Å². The number of nitrogens with one attached hydrogen (secondary N) is 2. The quantitative estimate of drug-likeness (QED) is 0.701. The van der Waals surface area contributed by atoms with Gasteiger partial charge in [-0.1, -0.05) is 6.92 Å². The largest absolute Gasteiger partial charge is 0.355 e. The normalized spacial score (nSPS) is 14.0. The monoisotopic (exact) mass is 360 g/mol. The maximum atomic E-state index is 12.1. The number of hydrogen-bond donors (Lipinski definition) is 2. The molecule has 2 N–H and O–H groups in total. The van der Waals surface area contributed by atoms with Gasteiger partial charge in [0.05, 0.1) is 6.54 Å². The van der Waals surface area contributed by atoms with Crippen LogP contribution in [0.15, 0.2) is 24.3 Å². The number of carbonyl (C=O) groups excluding carboxylic acids is 3. The van der Waals surface area contributed by atoms with Crippen LogP contribution in [-0.4, -0.2) is 55.3 Å². The van der Waals surface area contributed by atoms with Gasteiger partial charge in [-0.15, -0.1) is 0 Å². The Morgan fingerprint density at radius 2 is 1.88 bits per heavy atom. The molecule has 0 aliphatic carbocycles. The van der Waals surface area contributed by atoms with Gasteiger partial charge in [0.25, 0.3) is 0 Å². The minimum Gasteiger partial charge on any atom is -0.355 e. The van der Waals surface area contributed by atoms with Crippen LogP contribution >= 0.6 is 0 Å². The molecular formula is C19H28N4O3. The molecule has 1 heterocycles. The molecule has 1 aromatic carbocycles. The van der Waals surface area contributed by atoms with E-state index in [-0.39, 0.29) is 17.7 Å². The van der Waals surface area contributed by atoms with Crippen LogP contribution < -0.4 is 15.5 Å². The molecule has 26 heavy (non-hydrogen) atoms. The van der Waals surface area contributed by atoms with E-state index in [1.165, 1.54) is 0 Å². The van der Waals surface area contributed by atoms with Crippen LogP contribution in [0, 0.1) is 0 Å². The van der Waals surface area contributed by atoms with E-state index in [2.05, 4.69) is 10.6 Å². The van der Waals surface area contributed by atoms with Gasteiger partial charge in [-0.05, 0) is 44.2 Å². The van der Waals surface area contributed by atoms with E-state index in [0.717, 1.165) is 18.7 Å². The van der Waals surface area contributed by atoms with Crippen molar-refractivity contribution in [1.82, 2.24) is 10.2 Å². The smallest absolute Gasteiger partial charge is 0.234 e. The number of likely N-dealkylation sites (N-methyl/N-ethyl adjacent to an activating group) is 2. The molecule has 142 valence electrons. The van der Waals surface area contributed by atoms with Gasteiger partial charge in [-0.3, -0.25) is 19.3 Å². The van der Waals surface area contributed by atoms with Gasteiger partial charge in [0.15, 0.2) is 0 Å². The molecule has 0 radical (unpaired) electrons. The van der Waals surface area contributed by atoms with Crippen LogP contribution in [0.25, 0.3) is 0 Å². The topological polar surface area (TPSA) is 81.8 Å². The summed E-state index contributed by atoms with van der Waals surface area (Å²) in [7, 11) is 0. The van der Waals surface area contributed by atoms with E-state index < -0.39 is 0 Å². The number of rotatable bonds is 9. The van der Waals surface area contributed by atoms with Crippen molar-refractivity contribution in [3.05, 3.63) is 24.3 Å². The Kier molecular flexibility index (Phi) is 7.59. The first kappa shape index (κ1) is 19.9. The molecule has 0 spiro atoms. The van der Waals surface area contributed by atoms with E-state index in [1.807, 2.05) is 43.0 Å². The molecule has 0 bridgehead atoms. The molecule has 0 aromatic heterocycles. The van der Waals surface area contributed by atoms with E-state index in [4.69, 9.17) is 0 Å². The van der Waals surface area contributed by atoms with Crippen LogP contribution in [-0.2, 0) is 14.4 Å². The fraction of sp³-hybridized carbons (Fsp3) is 0.526. The zero-order valence-corrected chi connectivity index (χ0v) is 15.6. The van der Waals surface area contributed by atoms with Crippen molar-refractivity contribution in [3.8, 4) is 0 Å². The van der Waals surface area contributed by atoms with Gasteiger partial charge in [-0.2, -0.15) is 0 Å². The number of hydrogen-bond acceptors (Lipinski definition) is 4. The fourth-order valence-corrected chi connectivity index (χ4v) is 2.93. The minimum atomic E-state index is -0.0932. The standard InChI is InChI=1S/C19H28N4O3/c1-3-20-18(25)14-22(4-2)13-11-17(24)21-15-7-9-16(10-8-15)23-12-5-6-19(23)26/h7-10H,3-6,11-14H2,1-2H3,(H,20,25)(H,21,24). The number of nitrogens with zero attached hydrogens (tertiary/aromatic N) is 2. The molecule has 3 amide bonds. The first-order valence-electron chi connectivity index (χ1n) is 9.22. The molecule has 7 nitrogen and oxygen atoms in total. The Morgan fingerprint density at radius 3 is 2.46 bits per heavy atom. The SMILES string of the molecule is CCNC(=O)CN(CC)CCC(=O)Nc1ccc(N2CCCC2=O)cc1. The van der Waals surface area contributed by atoms with Crippen molar-refractivity contribution in [1.29, 1.82) is 0 Å². The first-order valence-corrected chi connectivity index (χ1v) is 9.22. The summed E-state index contributed by atoms with van der Waals surface area (Å²) in [6.07, 6.45) is 1.81. The number of amides is 3. The summed E-state index contributed by atoms with van der Waals surface area (Å²) in [5, 5.41) is 5.62. The molecule has 0 saturated carbocycles. The summed E-state index contributed by atoms with van der Waals surface area (Å²) in [6, 6.07) is 7.33. The second kappa shape index (κ2) is 9.91. The predicted octanol–water partition coefficient (Wildman–Crippen LogP) is 1.60. The third-order valence-corrected chi connectivity index (χ3v) is 4.38. The minimum absolute atomic E-state index is 0.0261. The highest BCUT2D eigenvalue weighted by atomic mass is 16.2. The molecule has 1 fully saturated rings. The Morgan fingerprint density at radius 1 is 1.15 bits per heavy atom. The van der Waals surface area contributed by atoms with Gasteiger partial charge in [0.1, 0.15) is 0 Å². The van der Waals surface area contributed by atoms with E-state index in [0.29, 0.717) is 44.7 Å². The maximum Gasteiger partial charge on any atom is 0.234 e. The maximum absolute atomic E-state index is 12.1. The van der Waals surface area contributed by atoms with Crippen LogP contribution in [0.2, 0.25) is 0 Å². The molecule has 0 atom stereocenters. The Hall–Kier alpha value is -2.41.